The minimum Gasteiger partial charge on any atom is -0.482 e. The van der Waals surface area contributed by atoms with Gasteiger partial charge in [0.05, 0.1) is 11.4 Å². The van der Waals surface area contributed by atoms with Crippen molar-refractivity contribution in [3.8, 4) is 11.4 Å². The van der Waals surface area contributed by atoms with Crippen LogP contribution in [-0.4, -0.2) is 39.9 Å². The van der Waals surface area contributed by atoms with Crippen molar-refractivity contribution in [2.45, 2.75) is 13.3 Å². The molecule has 0 saturated heterocycles. The molecule has 8 nitrogen and oxygen atoms in total. The summed E-state index contributed by atoms with van der Waals surface area (Å²) >= 11 is 6.01. The molecular formula is C20H19ClN4O4. The van der Waals surface area contributed by atoms with E-state index in [9.17, 15) is 9.59 Å². The largest absolute Gasteiger partial charge is 0.482 e. The molecule has 150 valence electrons. The minimum atomic E-state index is -0.645. The van der Waals surface area contributed by atoms with Gasteiger partial charge in [0.1, 0.15) is 18.4 Å². The number of benzene rings is 2. The Labute approximate surface area is 172 Å². The molecule has 0 aliphatic carbocycles. The van der Waals surface area contributed by atoms with Gasteiger partial charge in [-0.05, 0) is 36.2 Å². The zero-order valence-electron chi connectivity index (χ0n) is 15.7. The fourth-order valence-electron chi connectivity index (χ4n) is 2.59. The molecule has 3 aromatic rings. The first-order chi connectivity index (χ1) is 14.1. The van der Waals surface area contributed by atoms with E-state index < -0.39 is 18.5 Å². The van der Waals surface area contributed by atoms with Crippen LogP contribution in [0.3, 0.4) is 0 Å². The van der Waals surface area contributed by atoms with E-state index in [-0.39, 0.29) is 6.61 Å². The van der Waals surface area contributed by atoms with E-state index >= 15 is 0 Å². The average Bonchev–Trinajstić information content (AvgIpc) is 3.25. The van der Waals surface area contributed by atoms with E-state index in [2.05, 4.69) is 15.4 Å². The molecule has 0 aliphatic rings. The molecule has 9 heteroatoms. The van der Waals surface area contributed by atoms with Crippen LogP contribution in [0.1, 0.15) is 12.5 Å². The Morgan fingerprint density at radius 1 is 1.17 bits per heavy atom. The van der Waals surface area contributed by atoms with Crippen LogP contribution in [0, 0.1) is 0 Å². The first-order valence-electron chi connectivity index (χ1n) is 8.87. The predicted molar refractivity (Wildman–Crippen MR) is 107 cm³/mol. The molecule has 0 saturated carbocycles. The van der Waals surface area contributed by atoms with Gasteiger partial charge in [-0.2, -0.15) is 5.10 Å². The molecule has 0 bridgehead atoms. The molecule has 0 radical (unpaired) electrons. The van der Waals surface area contributed by atoms with Crippen LogP contribution in [0.2, 0.25) is 5.02 Å². The van der Waals surface area contributed by atoms with Crippen molar-refractivity contribution in [3.05, 3.63) is 65.7 Å². The smallest absolute Gasteiger partial charge is 0.344 e. The lowest BCUT2D eigenvalue weighted by atomic mass is 10.1. The number of esters is 1. The monoisotopic (exact) mass is 414 g/mol. The molecule has 1 N–H and O–H groups in total. The van der Waals surface area contributed by atoms with Crippen LogP contribution in [0.25, 0.3) is 5.69 Å². The number of anilines is 1. The van der Waals surface area contributed by atoms with E-state index in [0.717, 1.165) is 12.0 Å². The van der Waals surface area contributed by atoms with Gasteiger partial charge in [-0.1, -0.05) is 36.7 Å². The van der Waals surface area contributed by atoms with Crippen molar-refractivity contribution < 1.29 is 19.1 Å². The van der Waals surface area contributed by atoms with Crippen LogP contribution < -0.4 is 10.1 Å². The summed E-state index contributed by atoms with van der Waals surface area (Å²) in [6.45, 7) is 1.25. The SMILES string of the molecule is CCc1ccccc1OCC(=O)OCC(=O)Nc1cc(Cl)ccc1-n1cncn1. The Kier molecular flexibility index (Phi) is 6.80. The summed E-state index contributed by atoms with van der Waals surface area (Å²) in [5.41, 5.74) is 1.97. The summed E-state index contributed by atoms with van der Waals surface area (Å²) in [5.74, 6) is -0.544. The molecule has 2 aromatic carbocycles. The number of hydrogen-bond acceptors (Lipinski definition) is 6. The van der Waals surface area contributed by atoms with E-state index in [1.54, 1.807) is 24.3 Å². The number of rotatable bonds is 8. The standard InChI is InChI=1S/C20H19ClN4O4/c1-2-14-5-3-4-6-18(14)28-11-20(27)29-10-19(26)24-16-9-15(21)7-8-17(16)25-13-22-12-23-25/h3-9,12-13H,2,10-11H2,1H3,(H,24,26). The quantitative estimate of drug-likeness (QED) is 0.569. The zero-order valence-corrected chi connectivity index (χ0v) is 16.4. The van der Waals surface area contributed by atoms with Crippen molar-refractivity contribution in [2.75, 3.05) is 18.5 Å². The maximum Gasteiger partial charge on any atom is 0.344 e. The number of para-hydroxylation sites is 1. The molecule has 29 heavy (non-hydrogen) atoms. The summed E-state index contributed by atoms with van der Waals surface area (Å²) < 4.78 is 12.0. The van der Waals surface area contributed by atoms with Crippen LogP contribution >= 0.6 is 11.6 Å². The first kappa shape index (κ1) is 20.3. The number of ether oxygens (including phenoxy) is 2. The second kappa shape index (κ2) is 9.70. The number of hydrogen-bond donors (Lipinski definition) is 1. The second-order valence-electron chi connectivity index (χ2n) is 5.96. The molecule has 1 heterocycles. The number of amides is 1. The van der Waals surface area contributed by atoms with E-state index in [1.807, 2.05) is 25.1 Å². The van der Waals surface area contributed by atoms with Gasteiger partial charge < -0.3 is 14.8 Å². The summed E-state index contributed by atoms with van der Waals surface area (Å²) in [6.07, 6.45) is 3.64. The molecule has 0 atom stereocenters. The van der Waals surface area contributed by atoms with Crippen molar-refractivity contribution in [2.24, 2.45) is 0 Å². The second-order valence-corrected chi connectivity index (χ2v) is 6.40. The molecule has 1 amide bonds. The number of nitrogens with zero attached hydrogens (tertiary/aromatic N) is 3. The Morgan fingerprint density at radius 2 is 2.00 bits per heavy atom. The van der Waals surface area contributed by atoms with Crippen molar-refractivity contribution in [1.29, 1.82) is 0 Å². The van der Waals surface area contributed by atoms with Crippen LogP contribution in [0.15, 0.2) is 55.1 Å². The Morgan fingerprint density at radius 3 is 2.76 bits per heavy atom. The highest BCUT2D eigenvalue weighted by atomic mass is 35.5. The van der Waals surface area contributed by atoms with Gasteiger partial charge in [-0.25, -0.2) is 14.5 Å². The van der Waals surface area contributed by atoms with Gasteiger partial charge in [0, 0.05) is 5.02 Å². The Bertz CT molecular complexity index is 992. The van der Waals surface area contributed by atoms with Crippen molar-refractivity contribution in [1.82, 2.24) is 14.8 Å². The normalized spacial score (nSPS) is 10.4. The average molecular weight is 415 g/mol. The number of nitrogens with one attached hydrogen (secondary N) is 1. The minimum absolute atomic E-state index is 0.286. The van der Waals surface area contributed by atoms with E-state index in [4.69, 9.17) is 21.1 Å². The van der Waals surface area contributed by atoms with E-state index in [1.165, 1.54) is 17.3 Å². The molecular weight excluding hydrogens is 396 g/mol. The van der Waals surface area contributed by atoms with Crippen molar-refractivity contribution >= 4 is 29.2 Å². The topological polar surface area (TPSA) is 95.3 Å². The third-order valence-electron chi connectivity index (χ3n) is 3.96. The number of halogens is 1. The molecule has 1 aromatic heterocycles. The van der Waals surface area contributed by atoms with Crippen LogP contribution in [-0.2, 0) is 20.7 Å². The Balaban J connectivity index is 1.54. The molecule has 0 aliphatic heterocycles. The number of aryl methyl sites for hydroxylation is 1. The highest BCUT2D eigenvalue weighted by Crippen LogP contribution is 2.24. The summed E-state index contributed by atoms with van der Waals surface area (Å²) in [5, 5.41) is 7.13. The fraction of sp³-hybridized carbons (Fsp3) is 0.200. The van der Waals surface area contributed by atoms with Crippen LogP contribution in [0.4, 0.5) is 5.69 Å². The lowest BCUT2D eigenvalue weighted by molar-refractivity contribution is -0.149. The van der Waals surface area contributed by atoms with Gasteiger partial charge in [0.15, 0.2) is 13.2 Å². The first-order valence-corrected chi connectivity index (χ1v) is 9.25. The fourth-order valence-corrected chi connectivity index (χ4v) is 2.76. The van der Waals surface area contributed by atoms with Gasteiger partial charge in [-0.3, -0.25) is 4.79 Å². The van der Waals surface area contributed by atoms with Crippen molar-refractivity contribution in [3.63, 3.8) is 0 Å². The predicted octanol–water partition coefficient (Wildman–Crippen LogP) is 3.04. The summed E-state index contributed by atoms with van der Waals surface area (Å²) in [4.78, 5) is 28.0. The highest BCUT2D eigenvalue weighted by Gasteiger charge is 2.13. The molecule has 0 spiro atoms. The lowest BCUT2D eigenvalue weighted by Crippen LogP contribution is -2.24. The maximum atomic E-state index is 12.2. The van der Waals surface area contributed by atoms with E-state index in [0.29, 0.717) is 22.1 Å². The lowest BCUT2D eigenvalue weighted by Gasteiger charge is -2.12. The summed E-state index contributed by atoms with van der Waals surface area (Å²) in [6, 6.07) is 12.4. The number of carbonyl (C=O) groups excluding carboxylic acids is 2. The maximum absolute atomic E-state index is 12.2. The van der Waals surface area contributed by atoms with Gasteiger partial charge in [0.25, 0.3) is 5.91 Å². The molecule has 3 rings (SSSR count). The molecule has 0 fully saturated rings. The third-order valence-corrected chi connectivity index (χ3v) is 4.20. The zero-order chi connectivity index (χ0) is 20.6. The Hall–Kier alpha value is -3.39. The van der Waals surface area contributed by atoms with Crippen LogP contribution in [0.5, 0.6) is 5.75 Å². The molecule has 0 unspecified atom stereocenters. The number of carbonyl (C=O) groups is 2. The highest BCUT2D eigenvalue weighted by molar-refractivity contribution is 6.31. The third kappa shape index (κ3) is 5.55. The van der Waals surface area contributed by atoms with Gasteiger partial charge >= 0.3 is 5.97 Å². The summed E-state index contributed by atoms with van der Waals surface area (Å²) in [7, 11) is 0. The van der Waals surface area contributed by atoms with Gasteiger partial charge in [-0.15, -0.1) is 0 Å². The van der Waals surface area contributed by atoms with Gasteiger partial charge in [0.2, 0.25) is 0 Å². The number of aromatic nitrogens is 3.